The monoisotopic (exact) mass is 411 g/mol. The minimum absolute atomic E-state index is 0.00808. The van der Waals surface area contributed by atoms with Crippen molar-refractivity contribution in [2.45, 2.75) is 27.7 Å². The summed E-state index contributed by atoms with van der Waals surface area (Å²) < 4.78 is 6.36. The van der Waals surface area contributed by atoms with Crippen molar-refractivity contribution in [2.24, 2.45) is 0 Å². The molecule has 0 radical (unpaired) electrons. The van der Waals surface area contributed by atoms with Crippen LogP contribution in [0.1, 0.15) is 35.3 Å². The average Bonchev–Trinajstić information content (AvgIpc) is 3.15. The first-order chi connectivity index (χ1) is 14.0. The Morgan fingerprint density at radius 1 is 1.03 bits per heavy atom. The highest BCUT2D eigenvalue weighted by Gasteiger charge is 2.22. The van der Waals surface area contributed by atoms with E-state index >= 15 is 0 Å². The molecule has 3 rings (SSSR count). The smallest absolute Gasteiger partial charge is 0.260 e. The van der Waals surface area contributed by atoms with Crippen LogP contribution in [-0.2, 0) is 0 Å². The molecule has 0 atom stereocenters. The Kier molecular flexibility index (Phi) is 6.87. The van der Waals surface area contributed by atoms with E-state index in [4.69, 9.17) is 9.72 Å². The van der Waals surface area contributed by atoms with Crippen LogP contribution in [0.15, 0.2) is 36.4 Å². The zero-order chi connectivity index (χ0) is 21.0. The van der Waals surface area contributed by atoms with E-state index in [2.05, 4.69) is 25.7 Å². The molecule has 0 aliphatic rings. The third kappa shape index (κ3) is 4.77. The highest BCUT2D eigenvalue weighted by Crippen LogP contribution is 2.32. The number of fused-ring (bicyclic) bond motifs is 1. The predicted octanol–water partition coefficient (Wildman–Crippen LogP) is 4.91. The summed E-state index contributed by atoms with van der Waals surface area (Å²) in [6.45, 7) is 11.7. The van der Waals surface area contributed by atoms with Crippen molar-refractivity contribution < 1.29 is 9.53 Å². The lowest BCUT2D eigenvalue weighted by atomic mass is 10.1. The SMILES string of the molecule is CCN(CC)CCN(C(=O)c1ccc(C)c(C)c1)c1nc2cc(OC)ccc2s1. The second-order valence-corrected chi connectivity index (χ2v) is 8.12. The molecule has 0 fully saturated rings. The van der Waals surface area contributed by atoms with Crippen LogP contribution in [0.2, 0.25) is 0 Å². The Morgan fingerprint density at radius 2 is 1.79 bits per heavy atom. The van der Waals surface area contributed by atoms with Crippen LogP contribution >= 0.6 is 11.3 Å². The van der Waals surface area contributed by atoms with Gasteiger partial charge in [-0.1, -0.05) is 31.3 Å². The molecule has 1 heterocycles. The Balaban J connectivity index is 1.97. The first-order valence-corrected chi connectivity index (χ1v) is 10.8. The molecular formula is C23H29N3O2S. The van der Waals surface area contributed by atoms with Gasteiger partial charge in [-0.05, 0) is 62.3 Å². The van der Waals surface area contributed by atoms with E-state index in [0.717, 1.165) is 46.3 Å². The van der Waals surface area contributed by atoms with Gasteiger partial charge in [-0.2, -0.15) is 0 Å². The number of rotatable bonds is 8. The van der Waals surface area contributed by atoms with Crippen molar-refractivity contribution in [2.75, 3.05) is 38.2 Å². The topological polar surface area (TPSA) is 45.7 Å². The normalized spacial score (nSPS) is 11.2. The number of methoxy groups -OCH3 is 1. The molecule has 2 aromatic carbocycles. The van der Waals surface area contributed by atoms with Crippen LogP contribution in [0.25, 0.3) is 10.2 Å². The zero-order valence-corrected chi connectivity index (χ0v) is 18.7. The van der Waals surface area contributed by atoms with Gasteiger partial charge in [0, 0.05) is 24.7 Å². The Hall–Kier alpha value is -2.44. The molecular weight excluding hydrogens is 382 g/mol. The van der Waals surface area contributed by atoms with Gasteiger partial charge in [0.05, 0.1) is 17.3 Å². The molecule has 0 saturated heterocycles. The average molecular weight is 412 g/mol. The van der Waals surface area contributed by atoms with E-state index < -0.39 is 0 Å². The lowest BCUT2D eigenvalue weighted by Gasteiger charge is -2.25. The lowest BCUT2D eigenvalue weighted by molar-refractivity contribution is 0.0983. The fourth-order valence-corrected chi connectivity index (χ4v) is 4.20. The first kappa shape index (κ1) is 21.3. The molecule has 29 heavy (non-hydrogen) atoms. The number of aryl methyl sites for hydroxylation is 2. The molecule has 0 saturated carbocycles. The van der Waals surface area contributed by atoms with Crippen molar-refractivity contribution in [1.29, 1.82) is 0 Å². The third-order valence-corrected chi connectivity index (χ3v) is 6.41. The molecule has 154 valence electrons. The van der Waals surface area contributed by atoms with Crippen molar-refractivity contribution in [3.63, 3.8) is 0 Å². The third-order valence-electron chi connectivity index (χ3n) is 5.35. The van der Waals surface area contributed by atoms with Gasteiger partial charge in [-0.15, -0.1) is 0 Å². The second-order valence-electron chi connectivity index (χ2n) is 7.11. The van der Waals surface area contributed by atoms with Gasteiger partial charge in [-0.25, -0.2) is 4.98 Å². The molecule has 0 spiro atoms. The molecule has 1 aromatic heterocycles. The molecule has 1 amide bonds. The van der Waals surface area contributed by atoms with E-state index in [9.17, 15) is 4.79 Å². The summed E-state index contributed by atoms with van der Waals surface area (Å²) in [6, 6.07) is 11.7. The van der Waals surface area contributed by atoms with Crippen molar-refractivity contribution in [3.05, 3.63) is 53.1 Å². The standard InChI is InChI=1S/C23H29N3O2S/c1-6-25(7-2)12-13-26(22(27)18-9-8-16(3)17(4)14-18)23-24-20-15-19(28-5)10-11-21(20)29-23/h8-11,14-15H,6-7,12-13H2,1-5H3. The minimum atomic E-state index is -0.00808. The number of nitrogens with zero attached hydrogens (tertiary/aromatic N) is 3. The van der Waals surface area contributed by atoms with E-state index in [1.807, 2.05) is 48.2 Å². The largest absolute Gasteiger partial charge is 0.497 e. The maximum Gasteiger partial charge on any atom is 0.260 e. The van der Waals surface area contributed by atoms with Crippen LogP contribution in [0.3, 0.4) is 0 Å². The molecule has 0 bridgehead atoms. The quantitative estimate of drug-likeness (QED) is 0.528. The lowest BCUT2D eigenvalue weighted by Crippen LogP contribution is -2.38. The van der Waals surface area contributed by atoms with Crippen LogP contribution < -0.4 is 9.64 Å². The Morgan fingerprint density at radius 3 is 2.45 bits per heavy atom. The van der Waals surface area contributed by atoms with Gasteiger partial charge < -0.3 is 9.64 Å². The number of thiazole rings is 1. The fraction of sp³-hybridized carbons (Fsp3) is 0.391. The first-order valence-electron chi connectivity index (χ1n) is 10.0. The van der Waals surface area contributed by atoms with Gasteiger partial charge in [-0.3, -0.25) is 9.69 Å². The van der Waals surface area contributed by atoms with E-state index in [1.54, 1.807) is 18.4 Å². The zero-order valence-electron chi connectivity index (χ0n) is 17.9. The summed E-state index contributed by atoms with van der Waals surface area (Å²) in [5.41, 5.74) is 3.85. The summed E-state index contributed by atoms with van der Waals surface area (Å²) in [4.78, 5) is 22.3. The summed E-state index contributed by atoms with van der Waals surface area (Å²) in [5, 5.41) is 0.726. The van der Waals surface area contributed by atoms with E-state index in [-0.39, 0.29) is 5.91 Å². The number of carbonyl (C=O) groups is 1. The summed E-state index contributed by atoms with van der Waals surface area (Å²) >= 11 is 1.54. The van der Waals surface area contributed by atoms with E-state index in [0.29, 0.717) is 12.1 Å². The summed E-state index contributed by atoms with van der Waals surface area (Å²) in [6.07, 6.45) is 0. The number of likely N-dealkylation sites (N-methyl/N-ethyl adjacent to an activating group) is 1. The van der Waals surface area contributed by atoms with Gasteiger partial charge >= 0.3 is 0 Å². The Labute approximate surface area is 176 Å². The predicted molar refractivity (Wildman–Crippen MR) is 122 cm³/mol. The second kappa shape index (κ2) is 9.37. The molecule has 0 N–H and O–H groups in total. The summed E-state index contributed by atoms with van der Waals surface area (Å²) in [5.74, 6) is 0.760. The van der Waals surface area contributed by atoms with Crippen LogP contribution in [0, 0.1) is 13.8 Å². The maximum absolute atomic E-state index is 13.4. The van der Waals surface area contributed by atoms with Gasteiger partial charge in [0.2, 0.25) is 0 Å². The van der Waals surface area contributed by atoms with Crippen molar-refractivity contribution in [1.82, 2.24) is 9.88 Å². The maximum atomic E-state index is 13.4. The van der Waals surface area contributed by atoms with E-state index in [1.165, 1.54) is 5.56 Å². The molecule has 6 heteroatoms. The number of benzene rings is 2. The van der Waals surface area contributed by atoms with Crippen LogP contribution in [0.4, 0.5) is 5.13 Å². The highest BCUT2D eigenvalue weighted by atomic mass is 32.1. The molecule has 5 nitrogen and oxygen atoms in total. The fourth-order valence-electron chi connectivity index (χ4n) is 3.23. The number of carbonyl (C=O) groups excluding carboxylic acids is 1. The van der Waals surface area contributed by atoms with Crippen LogP contribution in [-0.4, -0.2) is 49.1 Å². The van der Waals surface area contributed by atoms with Crippen LogP contribution in [0.5, 0.6) is 5.75 Å². The number of aromatic nitrogens is 1. The van der Waals surface area contributed by atoms with Crippen molar-refractivity contribution in [3.8, 4) is 5.75 Å². The van der Waals surface area contributed by atoms with Gasteiger partial charge in [0.15, 0.2) is 5.13 Å². The minimum Gasteiger partial charge on any atom is -0.497 e. The molecule has 0 aliphatic heterocycles. The highest BCUT2D eigenvalue weighted by molar-refractivity contribution is 7.22. The summed E-state index contributed by atoms with van der Waals surface area (Å²) in [7, 11) is 1.65. The van der Waals surface area contributed by atoms with Gasteiger partial charge in [0.25, 0.3) is 5.91 Å². The van der Waals surface area contributed by atoms with Crippen molar-refractivity contribution >= 4 is 32.6 Å². The van der Waals surface area contributed by atoms with Gasteiger partial charge in [0.1, 0.15) is 5.75 Å². The number of ether oxygens (including phenoxy) is 1. The number of hydrogen-bond donors (Lipinski definition) is 0. The number of amides is 1. The molecule has 0 unspecified atom stereocenters. The Bertz CT molecular complexity index is 995. The molecule has 3 aromatic rings. The number of anilines is 1. The molecule has 0 aliphatic carbocycles. The number of hydrogen-bond acceptors (Lipinski definition) is 5.